The van der Waals surface area contributed by atoms with Crippen LogP contribution >= 0.6 is 0 Å². The number of nitrogens with zero attached hydrogens (tertiary/aromatic N) is 2. The van der Waals surface area contributed by atoms with Gasteiger partial charge in [-0.05, 0) is 30.5 Å². The average Bonchev–Trinajstić information content (AvgIpc) is 2.77. The summed E-state index contributed by atoms with van der Waals surface area (Å²) in [5.74, 6) is 0.324. The number of benzene rings is 1. The molecule has 3 rings (SSSR count). The Labute approximate surface area is 93.7 Å². The molecule has 2 aromatic rings. The Morgan fingerprint density at radius 1 is 1.25 bits per heavy atom. The second kappa shape index (κ2) is 3.74. The third kappa shape index (κ3) is 1.62. The quantitative estimate of drug-likeness (QED) is 0.716. The highest BCUT2D eigenvalue weighted by molar-refractivity contribution is 5.22. The van der Waals surface area contributed by atoms with Crippen molar-refractivity contribution >= 4 is 0 Å². The minimum absolute atomic E-state index is 0.164. The van der Waals surface area contributed by atoms with E-state index >= 15 is 0 Å². The van der Waals surface area contributed by atoms with Crippen molar-refractivity contribution in [2.45, 2.75) is 25.3 Å². The summed E-state index contributed by atoms with van der Waals surface area (Å²) in [5, 5.41) is 0. The lowest BCUT2D eigenvalue weighted by Gasteiger charge is -2.24. The van der Waals surface area contributed by atoms with Crippen molar-refractivity contribution in [1.29, 1.82) is 0 Å². The Hall–Kier alpha value is -1.64. The maximum Gasteiger partial charge on any atom is 0.123 e. The molecule has 0 amide bonds. The fourth-order valence-electron chi connectivity index (χ4n) is 2.38. The van der Waals surface area contributed by atoms with E-state index in [0.29, 0.717) is 5.92 Å². The molecule has 1 aliphatic heterocycles. The number of hydrogen-bond donors (Lipinski definition) is 0. The molecule has 2 heterocycles. The molecule has 1 aromatic carbocycles. The first kappa shape index (κ1) is 9.58. The summed E-state index contributed by atoms with van der Waals surface area (Å²) in [6, 6.07) is 6.86. The van der Waals surface area contributed by atoms with Crippen molar-refractivity contribution in [1.82, 2.24) is 9.55 Å². The molecule has 1 unspecified atom stereocenters. The molecule has 0 N–H and O–H groups in total. The van der Waals surface area contributed by atoms with E-state index in [9.17, 15) is 4.39 Å². The van der Waals surface area contributed by atoms with Gasteiger partial charge in [-0.2, -0.15) is 0 Å². The van der Waals surface area contributed by atoms with Crippen LogP contribution in [-0.4, -0.2) is 9.55 Å². The van der Waals surface area contributed by atoms with Crippen molar-refractivity contribution in [2.75, 3.05) is 0 Å². The first-order valence-electron chi connectivity index (χ1n) is 5.57. The van der Waals surface area contributed by atoms with Crippen LogP contribution in [0.1, 0.15) is 23.6 Å². The standard InChI is InChI=1S/C13H13FN2/c14-12-4-1-10(2-5-12)11-3-6-13-7-15-9-16(13)8-11/h1-2,4-5,7,9,11H,3,6,8H2. The zero-order valence-electron chi connectivity index (χ0n) is 8.94. The average molecular weight is 216 g/mol. The summed E-state index contributed by atoms with van der Waals surface area (Å²) in [4.78, 5) is 4.15. The van der Waals surface area contributed by atoms with Gasteiger partial charge in [0.2, 0.25) is 0 Å². The van der Waals surface area contributed by atoms with Crippen LogP contribution in [0, 0.1) is 5.82 Å². The van der Waals surface area contributed by atoms with E-state index in [1.807, 2.05) is 24.7 Å². The zero-order chi connectivity index (χ0) is 11.0. The molecule has 0 bridgehead atoms. The highest BCUT2D eigenvalue weighted by Gasteiger charge is 2.19. The molecule has 1 aliphatic rings. The smallest absolute Gasteiger partial charge is 0.123 e. The van der Waals surface area contributed by atoms with E-state index in [-0.39, 0.29) is 5.82 Å². The number of imidazole rings is 1. The summed E-state index contributed by atoms with van der Waals surface area (Å²) >= 11 is 0. The lowest BCUT2D eigenvalue weighted by atomic mass is 9.91. The molecule has 0 radical (unpaired) electrons. The van der Waals surface area contributed by atoms with Crippen LogP contribution in [-0.2, 0) is 13.0 Å². The number of fused-ring (bicyclic) bond motifs is 1. The molecular weight excluding hydrogens is 203 g/mol. The first-order chi connectivity index (χ1) is 7.83. The molecule has 3 heteroatoms. The number of aromatic nitrogens is 2. The molecule has 0 aliphatic carbocycles. The van der Waals surface area contributed by atoms with E-state index in [0.717, 1.165) is 19.4 Å². The van der Waals surface area contributed by atoms with Crippen LogP contribution in [0.5, 0.6) is 0 Å². The lowest BCUT2D eigenvalue weighted by Crippen LogP contribution is -2.17. The fraction of sp³-hybridized carbons (Fsp3) is 0.308. The molecule has 0 saturated carbocycles. The SMILES string of the molecule is Fc1ccc(C2CCc3cncn3C2)cc1. The van der Waals surface area contributed by atoms with Gasteiger partial charge in [-0.15, -0.1) is 0 Å². The summed E-state index contributed by atoms with van der Waals surface area (Å²) in [5.41, 5.74) is 2.53. The summed E-state index contributed by atoms with van der Waals surface area (Å²) < 4.78 is 15.0. The van der Waals surface area contributed by atoms with Crippen LogP contribution < -0.4 is 0 Å². The van der Waals surface area contributed by atoms with Crippen LogP contribution in [0.15, 0.2) is 36.8 Å². The third-order valence-electron chi connectivity index (χ3n) is 3.31. The third-order valence-corrected chi connectivity index (χ3v) is 3.31. The van der Waals surface area contributed by atoms with E-state index < -0.39 is 0 Å². The minimum Gasteiger partial charge on any atom is -0.334 e. The Morgan fingerprint density at radius 2 is 2.06 bits per heavy atom. The lowest BCUT2D eigenvalue weighted by molar-refractivity contribution is 0.462. The maximum atomic E-state index is 12.8. The minimum atomic E-state index is -0.164. The van der Waals surface area contributed by atoms with Crippen LogP contribution in [0.2, 0.25) is 0 Å². The number of rotatable bonds is 1. The molecule has 16 heavy (non-hydrogen) atoms. The van der Waals surface area contributed by atoms with Crippen LogP contribution in [0.25, 0.3) is 0 Å². The van der Waals surface area contributed by atoms with Gasteiger partial charge in [0.15, 0.2) is 0 Å². The zero-order valence-corrected chi connectivity index (χ0v) is 8.94. The van der Waals surface area contributed by atoms with Crippen molar-refractivity contribution in [3.63, 3.8) is 0 Å². The number of aryl methyl sites for hydroxylation is 1. The predicted molar refractivity (Wildman–Crippen MR) is 59.7 cm³/mol. The monoisotopic (exact) mass is 216 g/mol. The van der Waals surface area contributed by atoms with Gasteiger partial charge in [0.05, 0.1) is 6.33 Å². The van der Waals surface area contributed by atoms with Gasteiger partial charge in [-0.3, -0.25) is 0 Å². The summed E-state index contributed by atoms with van der Waals surface area (Å²) in [6.07, 6.45) is 5.99. The normalized spacial score (nSPS) is 19.4. The number of hydrogen-bond acceptors (Lipinski definition) is 1. The molecule has 1 atom stereocenters. The maximum absolute atomic E-state index is 12.8. The highest BCUT2D eigenvalue weighted by Crippen LogP contribution is 2.28. The van der Waals surface area contributed by atoms with Gasteiger partial charge in [-0.1, -0.05) is 12.1 Å². The van der Waals surface area contributed by atoms with E-state index in [1.54, 1.807) is 12.1 Å². The van der Waals surface area contributed by atoms with E-state index in [2.05, 4.69) is 9.55 Å². The largest absolute Gasteiger partial charge is 0.334 e. The van der Waals surface area contributed by atoms with Crippen molar-refractivity contribution in [3.8, 4) is 0 Å². The van der Waals surface area contributed by atoms with E-state index in [1.165, 1.54) is 11.3 Å². The molecule has 82 valence electrons. The summed E-state index contributed by atoms with van der Waals surface area (Å²) in [6.45, 7) is 0.959. The van der Waals surface area contributed by atoms with Gasteiger partial charge < -0.3 is 4.57 Å². The first-order valence-corrected chi connectivity index (χ1v) is 5.57. The van der Waals surface area contributed by atoms with Crippen molar-refractivity contribution in [3.05, 3.63) is 53.9 Å². The topological polar surface area (TPSA) is 17.8 Å². The Kier molecular flexibility index (Phi) is 2.24. The Balaban J connectivity index is 1.86. The van der Waals surface area contributed by atoms with Crippen molar-refractivity contribution < 1.29 is 4.39 Å². The molecule has 2 nitrogen and oxygen atoms in total. The predicted octanol–water partition coefficient (Wildman–Crippen LogP) is 2.75. The van der Waals surface area contributed by atoms with Gasteiger partial charge in [0, 0.05) is 24.4 Å². The Bertz CT molecular complexity index is 487. The highest BCUT2D eigenvalue weighted by atomic mass is 19.1. The molecule has 0 spiro atoms. The number of halogens is 1. The Morgan fingerprint density at radius 3 is 2.88 bits per heavy atom. The van der Waals surface area contributed by atoms with E-state index in [4.69, 9.17) is 0 Å². The molecular formula is C13H13FN2. The molecule has 0 fully saturated rings. The second-order valence-corrected chi connectivity index (χ2v) is 4.32. The van der Waals surface area contributed by atoms with Gasteiger partial charge in [0.1, 0.15) is 5.82 Å². The van der Waals surface area contributed by atoms with Crippen LogP contribution in [0.3, 0.4) is 0 Å². The summed E-state index contributed by atoms with van der Waals surface area (Å²) in [7, 11) is 0. The fourth-order valence-corrected chi connectivity index (χ4v) is 2.38. The van der Waals surface area contributed by atoms with Gasteiger partial charge in [-0.25, -0.2) is 9.37 Å². The second-order valence-electron chi connectivity index (χ2n) is 4.32. The molecule has 0 saturated heterocycles. The van der Waals surface area contributed by atoms with Gasteiger partial charge in [0.25, 0.3) is 0 Å². The van der Waals surface area contributed by atoms with Gasteiger partial charge >= 0.3 is 0 Å². The molecule has 1 aromatic heterocycles. The van der Waals surface area contributed by atoms with Crippen molar-refractivity contribution in [2.24, 2.45) is 0 Å². The van der Waals surface area contributed by atoms with Crippen LogP contribution in [0.4, 0.5) is 4.39 Å².